The van der Waals surface area contributed by atoms with Gasteiger partial charge in [-0.15, -0.1) is 0 Å². The normalized spacial score (nSPS) is 14.9. The van der Waals surface area contributed by atoms with Gasteiger partial charge in [0.1, 0.15) is 12.4 Å². The molecule has 1 saturated carbocycles. The molecule has 2 rings (SSSR count). The third-order valence-electron chi connectivity index (χ3n) is 4.31. The summed E-state index contributed by atoms with van der Waals surface area (Å²) >= 11 is 5.89. The Morgan fingerprint density at radius 1 is 1.29 bits per heavy atom. The van der Waals surface area contributed by atoms with Gasteiger partial charge in [-0.05, 0) is 31.0 Å². The number of rotatable bonds is 7. The van der Waals surface area contributed by atoms with Gasteiger partial charge in [0.2, 0.25) is 11.8 Å². The van der Waals surface area contributed by atoms with E-state index < -0.39 is 0 Å². The molecule has 24 heavy (non-hydrogen) atoms. The van der Waals surface area contributed by atoms with Crippen LogP contribution in [0, 0.1) is 5.92 Å². The number of nitrogens with zero attached hydrogens (tertiary/aromatic N) is 1. The molecule has 1 N–H and O–H groups in total. The molecule has 0 unspecified atom stereocenters. The van der Waals surface area contributed by atoms with Crippen LogP contribution in [0.5, 0.6) is 5.75 Å². The quantitative estimate of drug-likeness (QED) is 0.820. The van der Waals surface area contributed by atoms with Gasteiger partial charge in [-0.1, -0.05) is 36.9 Å². The molecule has 0 aromatic heterocycles. The highest BCUT2D eigenvalue weighted by atomic mass is 35.5. The maximum Gasteiger partial charge on any atom is 0.241 e. The number of nitrogens with one attached hydrogen (secondary N) is 1. The first-order valence-corrected chi connectivity index (χ1v) is 8.84. The number of benzene rings is 1. The monoisotopic (exact) mass is 352 g/mol. The molecule has 6 heteroatoms. The fraction of sp³-hybridized carbons (Fsp3) is 0.556. The second kappa shape index (κ2) is 9.52. The highest BCUT2D eigenvalue weighted by molar-refractivity contribution is 6.30. The largest absolute Gasteiger partial charge is 0.492 e. The summed E-state index contributed by atoms with van der Waals surface area (Å²) < 4.78 is 5.56. The zero-order valence-corrected chi connectivity index (χ0v) is 14.8. The number of carbonyl (C=O) groups is 2. The van der Waals surface area contributed by atoms with Crippen molar-refractivity contribution in [3.05, 3.63) is 29.3 Å². The van der Waals surface area contributed by atoms with Crippen molar-refractivity contribution in [3.8, 4) is 5.75 Å². The maximum atomic E-state index is 12.1. The average Bonchev–Trinajstić information content (AvgIpc) is 2.60. The van der Waals surface area contributed by atoms with Crippen LogP contribution in [0.25, 0.3) is 0 Å². The molecule has 1 aliphatic rings. The van der Waals surface area contributed by atoms with Crippen LogP contribution in [0.2, 0.25) is 5.02 Å². The topological polar surface area (TPSA) is 58.6 Å². The Balaban J connectivity index is 1.65. The van der Waals surface area contributed by atoms with Crippen molar-refractivity contribution in [2.45, 2.75) is 32.1 Å². The van der Waals surface area contributed by atoms with Gasteiger partial charge in [-0.2, -0.15) is 0 Å². The van der Waals surface area contributed by atoms with Gasteiger partial charge in [-0.3, -0.25) is 9.59 Å². The maximum absolute atomic E-state index is 12.1. The number of likely N-dealkylation sites (N-methyl/N-ethyl adjacent to an activating group) is 1. The van der Waals surface area contributed by atoms with Crippen LogP contribution < -0.4 is 10.1 Å². The molecule has 0 radical (unpaired) electrons. The van der Waals surface area contributed by atoms with Crippen LogP contribution >= 0.6 is 11.6 Å². The van der Waals surface area contributed by atoms with Gasteiger partial charge in [0.25, 0.3) is 0 Å². The van der Waals surface area contributed by atoms with E-state index in [1.807, 2.05) is 12.1 Å². The first-order chi connectivity index (χ1) is 11.6. The van der Waals surface area contributed by atoms with Crippen molar-refractivity contribution < 1.29 is 14.3 Å². The van der Waals surface area contributed by atoms with Gasteiger partial charge >= 0.3 is 0 Å². The average molecular weight is 353 g/mol. The Bertz CT molecular complexity index is 559. The summed E-state index contributed by atoms with van der Waals surface area (Å²) in [6.45, 7) is 0.868. The van der Waals surface area contributed by atoms with Crippen LogP contribution in [0.15, 0.2) is 24.3 Å². The van der Waals surface area contributed by atoms with Gasteiger partial charge in [0.05, 0.1) is 13.1 Å². The Morgan fingerprint density at radius 3 is 2.75 bits per heavy atom. The lowest BCUT2D eigenvalue weighted by Crippen LogP contribution is -2.41. The van der Waals surface area contributed by atoms with E-state index in [9.17, 15) is 9.59 Å². The minimum Gasteiger partial charge on any atom is -0.492 e. The zero-order chi connectivity index (χ0) is 17.4. The lowest BCUT2D eigenvalue weighted by atomic mass is 9.89. The molecule has 0 aliphatic heterocycles. The molecule has 1 aliphatic carbocycles. The van der Waals surface area contributed by atoms with Crippen molar-refractivity contribution in [3.63, 3.8) is 0 Å². The molecule has 5 nitrogen and oxygen atoms in total. The Labute approximate surface area is 148 Å². The summed E-state index contributed by atoms with van der Waals surface area (Å²) in [5, 5.41) is 3.37. The van der Waals surface area contributed by atoms with E-state index in [1.54, 1.807) is 24.1 Å². The molecule has 0 atom stereocenters. The van der Waals surface area contributed by atoms with Gasteiger partial charge in [0, 0.05) is 18.0 Å². The van der Waals surface area contributed by atoms with E-state index in [0.29, 0.717) is 23.9 Å². The van der Waals surface area contributed by atoms with Crippen molar-refractivity contribution in [2.75, 3.05) is 26.7 Å². The van der Waals surface area contributed by atoms with Gasteiger partial charge < -0.3 is 15.0 Å². The molecule has 0 bridgehead atoms. The van der Waals surface area contributed by atoms with Crippen molar-refractivity contribution >= 4 is 23.4 Å². The molecule has 1 aromatic rings. The fourth-order valence-corrected chi connectivity index (χ4v) is 2.97. The minimum atomic E-state index is -0.117. The second-order valence-corrected chi connectivity index (χ2v) is 6.61. The van der Waals surface area contributed by atoms with Crippen LogP contribution in [-0.2, 0) is 9.59 Å². The number of halogens is 1. The number of amides is 2. The number of hydrogen-bond acceptors (Lipinski definition) is 3. The lowest BCUT2D eigenvalue weighted by molar-refractivity contribution is -0.133. The van der Waals surface area contributed by atoms with Crippen LogP contribution in [-0.4, -0.2) is 43.5 Å². The molecule has 2 amide bonds. The van der Waals surface area contributed by atoms with Crippen molar-refractivity contribution in [1.29, 1.82) is 0 Å². The van der Waals surface area contributed by atoms with Gasteiger partial charge in [0.15, 0.2) is 0 Å². The smallest absolute Gasteiger partial charge is 0.241 e. The van der Waals surface area contributed by atoms with Crippen LogP contribution in [0.3, 0.4) is 0 Å². The number of carbonyl (C=O) groups excluding carboxylic acids is 2. The summed E-state index contributed by atoms with van der Waals surface area (Å²) in [6.07, 6.45) is 5.28. The highest BCUT2D eigenvalue weighted by Gasteiger charge is 2.21. The van der Waals surface area contributed by atoms with E-state index in [4.69, 9.17) is 16.3 Å². The molecule has 1 aromatic carbocycles. The molecular formula is C18H25ClN2O3. The molecule has 0 saturated heterocycles. The van der Waals surface area contributed by atoms with E-state index in [2.05, 4.69) is 5.32 Å². The Kier molecular flexibility index (Phi) is 7.37. The van der Waals surface area contributed by atoms with Crippen LogP contribution in [0.4, 0.5) is 0 Å². The zero-order valence-electron chi connectivity index (χ0n) is 14.1. The van der Waals surface area contributed by atoms with Crippen LogP contribution in [0.1, 0.15) is 32.1 Å². The summed E-state index contributed by atoms with van der Waals surface area (Å²) in [4.78, 5) is 25.7. The predicted octanol–water partition coefficient (Wildman–Crippen LogP) is 2.87. The third kappa shape index (κ3) is 6.04. The summed E-state index contributed by atoms with van der Waals surface area (Å²) in [5.41, 5.74) is 0. The van der Waals surface area contributed by atoms with E-state index in [0.717, 1.165) is 25.7 Å². The Morgan fingerprint density at radius 2 is 2.04 bits per heavy atom. The highest BCUT2D eigenvalue weighted by Crippen LogP contribution is 2.23. The lowest BCUT2D eigenvalue weighted by Gasteiger charge is -2.22. The van der Waals surface area contributed by atoms with E-state index in [-0.39, 0.29) is 24.3 Å². The molecule has 132 valence electrons. The van der Waals surface area contributed by atoms with E-state index >= 15 is 0 Å². The summed E-state index contributed by atoms with van der Waals surface area (Å²) in [6, 6.07) is 7.14. The Hall–Kier alpha value is -1.75. The minimum absolute atomic E-state index is 0.00614. The number of ether oxygens (including phenoxy) is 1. The molecule has 0 spiro atoms. The predicted molar refractivity (Wildman–Crippen MR) is 94.2 cm³/mol. The first-order valence-electron chi connectivity index (χ1n) is 8.46. The molecule has 0 heterocycles. The third-order valence-corrected chi connectivity index (χ3v) is 4.54. The van der Waals surface area contributed by atoms with Crippen molar-refractivity contribution in [2.24, 2.45) is 5.92 Å². The second-order valence-electron chi connectivity index (χ2n) is 6.17. The number of hydrogen-bond donors (Lipinski definition) is 1. The molecule has 1 fully saturated rings. The summed E-state index contributed by atoms with van der Waals surface area (Å²) in [5.74, 6) is 0.637. The standard InChI is InChI=1S/C18H25ClN2O3/c1-21(10-11-24-16-9-5-8-15(19)12-16)17(22)13-20-18(23)14-6-3-2-4-7-14/h5,8-9,12,14H,2-4,6-7,10-11,13H2,1H3,(H,20,23). The SMILES string of the molecule is CN(CCOc1cccc(Cl)c1)C(=O)CNC(=O)C1CCCCC1. The van der Waals surface area contributed by atoms with Crippen molar-refractivity contribution in [1.82, 2.24) is 10.2 Å². The molecular weight excluding hydrogens is 328 g/mol. The summed E-state index contributed by atoms with van der Waals surface area (Å²) in [7, 11) is 1.70. The fourth-order valence-electron chi connectivity index (χ4n) is 2.79. The first kappa shape index (κ1) is 18.6. The van der Waals surface area contributed by atoms with E-state index in [1.165, 1.54) is 6.42 Å². The van der Waals surface area contributed by atoms with Gasteiger partial charge in [-0.25, -0.2) is 0 Å².